The van der Waals surface area contributed by atoms with Crippen molar-refractivity contribution in [3.63, 3.8) is 0 Å². The highest BCUT2D eigenvalue weighted by atomic mass is 32.2. The van der Waals surface area contributed by atoms with Crippen LogP contribution in [-0.4, -0.2) is 24.5 Å². The molecule has 140 valence electrons. The number of aromatic nitrogens is 2. The molecule has 0 atom stereocenters. The zero-order valence-corrected chi connectivity index (χ0v) is 16.0. The van der Waals surface area contributed by atoms with E-state index in [1.54, 1.807) is 36.8 Å². The van der Waals surface area contributed by atoms with Gasteiger partial charge in [-0.05, 0) is 67.9 Å². The van der Waals surface area contributed by atoms with E-state index >= 15 is 0 Å². The summed E-state index contributed by atoms with van der Waals surface area (Å²) in [5.41, 5.74) is 2.51. The maximum atomic E-state index is 12.5. The molecular weight excluding hydrogens is 362 g/mol. The summed E-state index contributed by atoms with van der Waals surface area (Å²) in [5.74, 6) is 0.639. The molecule has 2 heterocycles. The molecule has 0 radical (unpaired) electrons. The monoisotopic (exact) mass is 383 g/mol. The summed E-state index contributed by atoms with van der Waals surface area (Å²) < 4.78 is 33.2. The maximum absolute atomic E-state index is 12.5. The number of sulfonamides is 1. The van der Waals surface area contributed by atoms with Crippen LogP contribution in [0.5, 0.6) is 5.75 Å². The Balaban J connectivity index is 1.70. The van der Waals surface area contributed by atoms with Crippen LogP contribution >= 0.6 is 0 Å². The van der Waals surface area contributed by atoms with Gasteiger partial charge in [0, 0.05) is 30.7 Å². The van der Waals surface area contributed by atoms with Gasteiger partial charge in [-0.1, -0.05) is 0 Å². The normalized spacial score (nSPS) is 11.5. The second kappa shape index (κ2) is 8.28. The van der Waals surface area contributed by atoms with Gasteiger partial charge in [0.2, 0.25) is 10.0 Å². The fourth-order valence-corrected chi connectivity index (χ4v) is 3.51. The van der Waals surface area contributed by atoms with Gasteiger partial charge >= 0.3 is 0 Å². The van der Waals surface area contributed by atoms with Gasteiger partial charge in [0.25, 0.3) is 0 Å². The van der Waals surface area contributed by atoms with Crippen LogP contribution in [0.25, 0.3) is 11.3 Å². The van der Waals surface area contributed by atoms with E-state index in [2.05, 4.69) is 14.7 Å². The van der Waals surface area contributed by atoms with E-state index in [1.807, 2.05) is 32.0 Å². The van der Waals surface area contributed by atoms with Crippen LogP contribution in [0.15, 0.2) is 72.0 Å². The third kappa shape index (κ3) is 5.12. The Kier molecular flexibility index (Phi) is 5.83. The lowest BCUT2D eigenvalue weighted by Gasteiger charge is -2.11. The van der Waals surface area contributed by atoms with Crippen molar-refractivity contribution in [2.45, 2.75) is 31.4 Å². The Morgan fingerprint density at radius 3 is 2.37 bits per heavy atom. The fourth-order valence-electron chi connectivity index (χ4n) is 2.50. The quantitative estimate of drug-likeness (QED) is 0.676. The molecule has 2 aromatic heterocycles. The van der Waals surface area contributed by atoms with Gasteiger partial charge in [-0.25, -0.2) is 13.1 Å². The highest BCUT2D eigenvalue weighted by molar-refractivity contribution is 7.89. The van der Waals surface area contributed by atoms with Crippen molar-refractivity contribution in [3.05, 3.63) is 72.7 Å². The molecule has 0 fully saturated rings. The lowest BCUT2D eigenvalue weighted by atomic mass is 10.1. The average Bonchev–Trinajstić information content (AvgIpc) is 2.67. The van der Waals surface area contributed by atoms with E-state index in [-0.39, 0.29) is 17.5 Å². The zero-order valence-electron chi connectivity index (χ0n) is 15.2. The Bertz CT molecular complexity index is 988. The van der Waals surface area contributed by atoms with Gasteiger partial charge in [-0.3, -0.25) is 9.97 Å². The molecule has 6 nitrogen and oxygen atoms in total. The molecular formula is C20H21N3O3S. The minimum Gasteiger partial charge on any atom is -0.491 e. The predicted molar refractivity (Wildman–Crippen MR) is 104 cm³/mol. The highest BCUT2D eigenvalue weighted by Crippen LogP contribution is 2.19. The average molecular weight is 383 g/mol. The number of hydrogen-bond donors (Lipinski definition) is 1. The van der Waals surface area contributed by atoms with Crippen molar-refractivity contribution in [2.75, 3.05) is 0 Å². The van der Waals surface area contributed by atoms with Crippen molar-refractivity contribution in [3.8, 4) is 17.0 Å². The topological polar surface area (TPSA) is 81.2 Å². The molecule has 7 heteroatoms. The van der Waals surface area contributed by atoms with Gasteiger partial charge in [-0.15, -0.1) is 0 Å². The predicted octanol–water partition coefficient (Wildman–Crippen LogP) is 3.41. The molecule has 27 heavy (non-hydrogen) atoms. The van der Waals surface area contributed by atoms with E-state index < -0.39 is 10.0 Å². The third-order valence-electron chi connectivity index (χ3n) is 3.77. The molecule has 0 aliphatic carbocycles. The van der Waals surface area contributed by atoms with Crippen LogP contribution in [-0.2, 0) is 16.6 Å². The van der Waals surface area contributed by atoms with Crippen LogP contribution in [0, 0.1) is 0 Å². The molecule has 3 rings (SSSR count). The van der Waals surface area contributed by atoms with Gasteiger partial charge in [0.05, 0.1) is 16.7 Å². The van der Waals surface area contributed by atoms with Crippen molar-refractivity contribution < 1.29 is 13.2 Å². The molecule has 0 aliphatic rings. The number of hydrogen-bond acceptors (Lipinski definition) is 5. The number of pyridine rings is 2. The molecule has 1 aromatic carbocycles. The molecule has 1 N–H and O–H groups in total. The number of nitrogens with one attached hydrogen (secondary N) is 1. The smallest absolute Gasteiger partial charge is 0.240 e. The summed E-state index contributed by atoms with van der Waals surface area (Å²) in [5, 5.41) is 0. The molecule has 0 unspecified atom stereocenters. The summed E-state index contributed by atoms with van der Waals surface area (Å²) in [6, 6.07) is 13.7. The fraction of sp³-hybridized carbons (Fsp3) is 0.200. The number of rotatable bonds is 7. The summed E-state index contributed by atoms with van der Waals surface area (Å²) in [7, 11) is -3.62. The molecule has 0 amide bonds. The van der Waals surface area contributed by atoms with Crippen LogP contribution in [0.4, 0.5) is 0 Å². The molecule has 3 aromatic rings. The SMILES string of the molecule is CC(C)Oc1ccc(S(=O)(=O)NCc2ccnc(-c3ccncc3)c2)cc1. The second-order valence-electron chi connectivity index (χ2n) is 6.25. The first-order valence-corrected chi connectivity index (χ1v) is 10.0. The van der Waals surface area contributed by atoms with Crippen molar-refractivity contribution in [1.29, 1.82) is 0 Å². The van der Waals surface area contributed by atoms with Crippen molar-refractivity contribution in [1.82, 2.24) is 14.7 Å². The van der Waals surface area contributed by atoms with Crippen LogP contribution in [0.2, 0.25) is 0 Å². The van der Waals surface area contributed by atoms with Gasteiger partial charge in [0.1, 0.15) is 5.75 Å². The Labute approximate surface area is 159 Å². The van der Waals surface area contributed by atoms with E-state index in [1.165, 1.54) is 12.1 Å². The Morgan fingerprint density at radius 2 is 1.70 bits per heavy atom. The van der Waals surface area contributed by atoms with Gasteiger partial charge in [0.15, 0.2) is 0 Å². The van der Waals surface area contributed by atoms with Gasteiger partial charge in [-0.2, -0.15) is 0 Å². The number of benzene rings is 1. The van der Waals surface area contributed by atoms with E-state index in [4.69, 9.17) is 4.74 Å². The minimum absolute atomic E-state index is 0.0341. The summed E-state index contributed by atoms with van der Waals surface area (Å²) in [4.78, 5) is 8.51. The molecule has 0 aliphatic heterocycles. The minimum atomic E-state index is -3.62. The van der Waals surface area contributed by atoms with Crippen LogP contribution in [0.1, 0.15) is 19.4 Å². The van der Waals surface area contributed by atoms with Crippen molar-refractivity contribution >= 4 is 10.0 Å². The first-order chi connectivity index (χ1) is 12.9. The largest absolute Gasteiger partial charge is 0.491 e. The standard InChI is InChI=1S/C20H21N3O3S/c1-15(2)26-18-3-5-19(6-4-18)27(24,25)23-14-16-7-12-22-20(13-16)17-8-10-21-11-9-17/h3-13,15,23H,14H2,1-2H3. The highest BCUT2D eigenvalue weighted by Gasteiger charge is 2.14. The second-order valence-corrected chi connectivity index (χ2v) is 8.01. The van der Waals surface area contributed by atoms with E-state index in [0.29, 0.717) is 5.75 Å². The zero-order chi connectivity index (χ0) is 19.3. The maximum Gasteiger partial charge on any atom is 0.240 e. The Hall–Kier alpha value is -2.77. The Morgan fingerprint density at radius 1 is 1.00 bits per heavy atom. The molecule has 0 bridgehead atoms. The molecule has 0 saturated heterocycles. The summed E-state index contributed by atoms with van der Waals surface area (Å²) in [6.07, 6.45) is 5.09. The lowest BCUT2D eigenvalue weighted by molar-refractivity contribution is 0.242. The third-order valence-corrected chi connectivity index (χ3v) is 5.19. The van der Waals surface area contributed by atoms with E-state index in [9.17, 15) is 8.42 Å². The van der Waals surface area contributed by atoms with E-state index in [0.717, 1.165) is 16.8 Å². The summed E-state index contributed by atoms with van der Waals surface area (Å²) in [6.45, 7) is 4.01. The summed E-state index contributed by atoms with van der Waals surface area (Å²) >= 11 is 0. The van der Waals surface area contributed by atoms with Crippen LogP contribution < -0.4 is 9.46 Å². The number of ether oxygens (including phenoxy) is 1. The van der Waals surface area contributed by atoms with Crippen molar-refractivity contribution in [2.24, 2.45) is 0 Å². The molecule has 0 saturated carbocycles. The number of nitrogens with zero attached hydrogens (tertiary/aromatic N) is 2. The lowest BCUT2D eigenvalue weighted by Crippen LogP contribution is -2.23. The van der Waals surface area contributed by atoms with Gasteiger partial charge < -0.3 is 4.74 Å². The first kappa shape index (κ1) is 19.0. The molecule has 0 spiro atoms. The van der Waals surface area contributed by atoms with Crippen LogP contribution in [0.3, 0.4) is 0 Å². The first-order valence-electron chi connectivity index (χ1n) is 8.56.